The van der Waals surface area contributed by atoms with Gasteiger partial charge in [-0.3, -0.25) is 9.69 Å². The SMILES string of the molecule is CN1c2nc(Cc3ccc(Cl)cc3)ncc2N(C(=O)N2CCCC2)C1C=O. The van der Waals surface area contributed by atoms with Crippen LogP contribution >= 0.6 is 11.6 Å². The van der Waals surface area contributed by atoms with Gasteiger partial charge >= 0.3 is 6.03 Å². The highest BCUT2D eigenvalue weighted by Gasteiger charge is 2.41. The van der Waals surface area contributed by atoms with Gasteiger partial charge in [-0.2, -0.15) is 0 Å². The molecule has 0 N–H and O–H groups in total. The maximum atomic E-state index is 12.9. The van der Waals surface area contributed by atoms with Crippen molar-refractivity contribution in [1.82, 2.24) is 14.9 Å². The lowest BCUT2D eigenvalue weighted by atomic mass is 10.1. The first-order valence-electron chi connectivity index (χ1n) is 8.95. The summed E-state index contributed by atoms with van der Waals surface area (Å²) in [6.45, 7) is 1.44. The molecule has 1 fully saturated rings. The van der Waals surface area contributed by atoms with Gasteiger partial charge in [0.2, 0.25) is 0 Å². The zero-order chi connectivity index (χ0) is 19.0. The number of anilines is 2. The number of benzene rings is 1. The molecule has 0 aliphatic carbocycles. The van der Waals surface area contributed by atoms with Gasteiger partial charge in [0.05, 0.1) is 6.20 Å². The Labute approximate surface area is 162 Å². The van der Waals surface area contributed by atoms with Crippen LogP contribution in [0.15, 0.2) is 30.5 Å². The predicted octanol–water partition coefficient (Wildman–Crippen LogP) is 2.72. The van der Waals surface area contributed by atoms with E-state index in [4.69, 9.17) is 11.6 Å². The Morgan fingerprint density at radius 1 is 1.26 bits per heavy atom. The van der Waals surface area contributed by atoms with E-state index in [2.05, 4.69) is 9.97 Å². The summed E-state index contributed by atoms with van der Waals surface area (Å²) in [6, 6.07) is 7.36. The summed E-state index contributed by atoms with van der Waals surface area (Å²) in [5, 5.41) is 0.679. The van der Waals surface area contributed by atoms with Crippen molar-refractivity contribution < 1.29 is 9.59 Å². The second kappa shape index (κ2) is 7.15. The molecule has 0 bridgehead atoms. The van der Waals surface area contributed by atoms with Gasteiger partial charge in [-0.1, -0.05) is 23.7 Å². The fourth-order valence-electron chi connectivity index (χ4n) is 3.57. The lowest BCUT2D eigenvalue weighted by Gasteiger charge is -2.28. The van der Waals surface area contributed by atoms with Crippen molar-refractivity contribution in [2.24, 2.45) is 0 Å². The normalized spacial score (nSPS) is 18.7. The Kier molecular flexibility index (Phi) is 4.70. The third kappa shape index (κ3) is 3.23. The van der Waals surface area contributed by atoms with E-state index in [0.717, 1.165) is 37.8 Å². The summed E-state index contributed by atoms with van der Waals surface area (Å²) in [5.74, 6) is 1.22. The molecular weight excluding hydrogens is 366 g/mol. The van der Waals surface area contributed by atoms with Crippen LogP contribution in [-0.4, -0.2) is 53.5 Å². The third-order valence-electron chi connectivity index (χ3n) is 5.03. The van der Waals surface area contributed by atoms with E-state index in [9.17, 15) is 9.59 Å². The van der Waals surface area contributed by atoms with Crippen LogP contribution < -0.4 is 9.80 Å². The van der Waals surface area contributed by atoms with E-state index >= 15 is 0 Å². The first-order valence-corrected chi connectivity index (χ1v) is 9.33. The minimum absolute atomic E-state index is 0.163. The summed E-state index contributed by atoms with van der Waals surface area (Å²) >= 11 is 5.93. The van der Waals surface area contributed by atoms with Crippen molar-refractivity contribution >= 4 is 35.4 Å². The number of carbonyl (C=O) groups is 2. The summed E-state index contributed by atoms with van der Waals surface area (Å²) in [6.07, 6.45) is 4.24. The molecule has 1 atom stereocenters. The molecule has 2 aromatic rings. The summed E-state index contributed by atoms with van der Waals surface area (Å²) in [5.41, 5.74) is 1.61. The van der Waals surface area contributed by atoms with Crippen molar-refractivity contribution in [3.05, 3.63) is 46.9 Å². The van der Waals surface area contributed by atoms with E-state index in [1.165, 1.54) is 4.90 Å². The molecule has 0 radical (unpaired) electrons. The van der Waals surface area contributed by atoms with Crippen LogP contribution in [0.2, 0.25) is 5.02 Å². The number of aldehydes is 1. The standard InChI is InChI=1S/C19H20ClN5O2/c1-23-17(12-26)25(19(27)24-8-2-3-9-24)15-11-21-16(22-18(15)23)10-13-4-6-14(20)7-5-13/h4-7,11-12,17H,2-3,8-10H2,1H3. The number of urea groups is 1. The van der Waals surface area contributed by atoms with Crippen LogP contribution in [-0.2, 0) is 11.2 Å². The number of amides is 2. The third-order valence-corrected chi connectivity index (χ3v) is 5.29. The van der Waals surface area contributed by atoms with Gasteiger partial charge < -0.3 is 9.80 Å². The molecule has 140 valence electrons. The number of fused-ring (bicyclic) bond motifs is 1. The molecule has 2 aliphatic heterocycles. The van der Waals surface area contributed by atoms with Gasteiger partial charge in [0, 0.05) is 31.6 Å². The Balaban J connectivity index is 1.64. The topological polar surface area (TPSA) is 69.6 Å². The Morgan fingerprint density at radius 3 is 2.63 bits per heavy atom. The van der Waals surface area contributed by atoms with Crippen molar-refractivity contribution in [3.8, 4) is 0 Å². The van der Waals surface area contributed by atoms with Gasteiger partial charge in [0.15, 0.2) is 18.3 Å². The monoisotopic (exact) mass is 385 g/mol. The number of nitrogens with zero attached hydrogens (tertiary/aromatic N) is 5. The average Bonchev–Trinajstić information content (AvgIpc) is 3.30. The first-order chi connectivity index (χ1) is 13.1. The highest BCUT2D eigenvalue weighted by atomic mass is 35.5. The minimum Gasteiger partial charge on any atom is -0.331 e. The number of rotatable bonds is 3. The lowest BCUT2D eigenvalue weighted by Crippen LogP contribution is -2.50. The number of likely N-dealkylation sites (tertiary alicyclic amines) is 1. The van der Waals surface area contributed by atoms with Gasteiger partial charge in [-0.05, 0) is 30.5 Å². The number of likely N-dealkylation sites (N-methyl/N-ethyl adjacent to an activating group) is 1. The maximum Gasteiger partial charge on any atom is 0.326 e. The molecule has 1 saturated heterocycles. The molecule has 1 aromatic heterocycles. The summed E-state index contributed by atoms with van der Waals surface area (Å²) in [4.78, 5) is 38.7. The molecule has 8 heteroatoms. The smallest absolute Gasteiger partial charge is 0.326 e. The Hall–Kier alpha value is -2.67. The van der Waals surface area contributed by atoms with E-state index in [1.54, 1.807) is 23.0 Å². The van der Waals surface area contributed by atoms with Crippen LogP contribution in [0.4, 0.5) is 16.3 Å². The fraction of sp³-hybridized carbons (Fsp3) is 0.368. The molecule has 0 spiro atoms. The largest absolute Gasteiger partial charge is 0.331 e. The van der Waals surface area contributed by atoms with E-state index in [1.807, 2.05) is 24.3 Å². The van der Waals surface area contributed by atoms with Crippen molar-refractivity contribution in [2.75, 3.05) is 29.9 Å². The quantitative estimate of drug-likeness (QED) is 0.760. The van der Waals surface area contributed by atoms with Crippen molar-refractivity contribution in [1.29, 1.82) is 0 Å². The van der Waals surface area contributed by atoms with E-state index in [0.29, 0.717) is 28.8 Å². The predicted molar refractivity (Wildman–Crippen MR) is 103 cm³/mol. The van der Waals surface area contributed by atoms with Crippen LogP contribution in [0.25, 0.3) is 0 Å². The minimum atomic E-state index is -0.701. The molecule has 3 heterocycles. The van der Waals surface area contributed by atoms with Crippen molar-refractivity contribution in [2.45, 2.75) is 25.4 Å². The molecule has 1 aromatic carbocycles. The van der Waals surface area contributed by atoms with E-state index < -0.39 is 6.17 Å². The molecular formula is C19H20ClN5O2. The van der Waals surface area contributed by atoms with E-state index in [-0.39, 0.29) is 6.03 Å². The average molecular weight is 386 g/mol. The molecule has 7 nitrogen and oxygen atoms in total. The second-order valence-electron chi connectivity index (χ2n) is 6.81. The molecule has 27 heavy (non-hydrogen) atoms. The fourth-order valence-corrected chi connectivity index (χ4v) is 3.70. The van der Waals surface area contributed by atoms with Crippen LogP contribution in [0.3, 0.4) is 0 Å². The van der Waals surface area contributed by atoms with Crippen LogP contribution in [0, 0.1) is 0 Å². The first kappa shape index (κ1) is 17.7. The number of hydrogen-bond donors (Lipinski definition) is 0. The van der Waals surface area contributed by atoms with Gasteiger partial charge in [0.25, 0.3) is 0 Å². The maximum absolute atomic E-state index is 12.9. The molecule has 2 amide bonds. The molecule has 4 rings (SSSR count). The number of carbonyl (C=O) groups excluding carboxylic acids is 2. The Morgan fingerprint density at radius 2 is 1.96 bits per heavy atom. The van der Waals surface area contributed by atoms with Crippen LogP contribution in [0.1, 0.15) is 24.2 Å². The highest BCUT2D eigenvalue weighted by Crippen LogP contribution is 2.37. The summed E-state index contributed by atoms with van der Waals surface area (Å²) < 4.78 is 0. The lowest BCUT2D eigenvalue weighted by molar-refractivity contribution is -0.108. The molecule has 2 aliphatic rings. The summed E-state index contributed by atoms with van der Waals surface area (Å²) in [7, 11) is 1.77. The van der Waals surface area contributed by atoms with Gasteiger partial charge in [-0.15, -0.1) is 0 Å². The zero-order valence-electron chi connectivity index (χ0n) is 15.0. The van der Waals surface area contributed by atoms with Gasteiger partial charge in [0.1, 0.15) is 11.5 Å². The highest BCUT2D eigenvalue weighted by molar-refractivity contribution is 6.30. The van der Waals surface area contributed by atoms with Crippen molar-refractivity contribution in [3.63, 3.8) is 0 Å². The van der Waals surface area contributed by atoms with Crippen LogP contribution in [0.5, 0.6) is 0 Å². The Bertz CT molecular complexity index is 867. The number of halogens is 1. The zero-order valence-corrected chi connectivity index (χ0v) is 15.8. The van der Waals surface area contributed by atoms with Gasteiger partial charge in [-0.25, -0.2) is 14.8 Å². The second-order valence-corrected chi connectivity index (χ2v) is 7.24. The number of hydrogen-bond acceptors (Lipinski definition) is 5. The number of aromatic nitrogens is 2. The molecule has 1 unspecified atom stereocenters. The molecule has 0 saturated carbocycles.